The molecule has 2 amide bonds. The van der Waals surface area contributed by atoms with Gasteiger partial charge in [0.15, 0.2) is 0 Å². The maximum Gasteiger partial charge on any atom is 0.241 e. The lowest BCUT2D eigenvalue weighted by molar-refractivity contribution is -0.140. The standard InChI is InChI=1S/C10H20N4O2/c1-13(2)5-3-9(15)14-6-4-12-7-8(14)10(11)16/h8,12H,3-7H2,1-2H3,(H2,11,16). The van der Waals surface area contributed by atoms with Crippen molar-refractivity contribution in [1.29, 1.82) is 0 Å². The third kappa shape index (κ3) is 3.46. The van der Waals surface area contributed by atoms with Gasteiger partial charge in [-0.15, -0.1) is 0 Å². The van der Waals surface area contributed by atoms with Crippen LogP contribution in [0.2, 0.25) is 0 Å². The first kappa shape index (κ1) is 12.9. The van der Waals surface area contributed by atoms with Gasteiger partial charge < -0.3 is 20.9 Å². The average molecular weight is 228 g/mol. The van der Waals surface area contributed by atoms with E-state index in [0.717, 1.165) is 6.54 Å². The molecule has 0 saturated carbocycles. The highest BCUT2D eigenvalue weighted by Gasteiger charge is 2.29. The zero-order chi connectivity index (χ0) is 12.1. The van der Waals surface area contributed by atoms with Gasteiger partial charge in [-0.2, -0.15) is 0 Å². The third-order valence-electron chi connectivity index (χ3n) is 2.67. The maximum atomic E-state index is 11.9. The lowest BCUT2D eigenvalue weighted by atomic mass is 10.1. The van der Waals surface area contributed by atoms with Crippen LogP contribution in [0.15, 0.2) is 0 Å². The Morgan fingerprint density at radius 2 is 2.19 bits per heavy atom. The molecule has 1 heterocycles. The van der Waals surface area contributed by atoms with Gasteiger partial charge in [0.2, 0.25) is 11.8 Å². The van der Waals surface area contributed by atoms with Crippen LogP contribution in [0.4, 0.5) is 0 Å². The largest absolute Gasteiger partial charge is 0.368 e. The zero-order valence-corrected chi connectivity index (χ0v) is 9.90. The first-order valence-electron chi connectivity index (χ1n) is 5.46. The van der Waals surface area contributed by atoms with Crippen LogP contribution >= 0.6 is 0 Å². The van der Waals surface area contributed by atoms with Gasteiger partial charge in [0.1, 0.15) is 6.04 Å². The van der Waals surface area contributed by atoms with Crippen molar-refractivity contribution in [2.75, 3.05) is 40.3 Å². The number of carbonyl (C=O) groups excluding carboxylic acids is 2. The smallest absolute Gasteiger partial charge is 0.241 e. The molecule has 1 aliphatic rings. The minimum atomic E-state index is -0.497. The molecule has 1 unspecified atom stereocenters. The second kappa shape index (κ2) is 5.81. The monoisotopic (exact) mass is 228 g/mol. The SMILES string of the molecule is CN(C)CCC(=O)N1CCNCC1C(N)=O. The molecular weight excluding hydrogens is 208 g/mol. The fraction of sp³-hybridized carbons (Fsp3) is 0.800. The van der Waals surface area contributed by atoms with Crippen LogP contribution in [0.25, 0.3) is 0 Å². The van der Waals surface area contributed by atoms with Crippen LogP contribution in [-0.2, 0) is 9.59 Å². The van der Waals surface area contributed by atoms with E-state index in [9.17, 15) is 9.59 Å². The Balaban J connectivity index is 2.54. The van der Waals surface area contributed by atoms with Crippen LogP contribution in [0.5, 0.6) is 0 Å². The summed E-state index contributed by atoms with van der Waals surface area (Å²) in [6.07, 6.45) is 0.427. The van der Waals surface area contributed by atoms with Crippen molar-refractivity contribution in [3.63, 3.8) is 0 Å². The molecule has 16 heavy (non-hydrogen) atoms. The third-order valence-corrected chi connectivity index (χ3v) is 2.67. The van der Waals surface area contributed by atoms with Gasteiger partial charge in [0.25, 0.3) is 0 Å². The summed E-state index contributed by atoms with van der Waals surface area (Å²) in [6, 6.07) is -0.497. The summed E-state index contributed by atoms with van der Waals surface area (Å²) >= 11 is 0. The first-order chi connectivity index (χ1) is 7.52. The lowest BCUT2D eigenvalue weighted by Crippen LogP contribution is -2.58. The highest BCUT2D eigenvalue weighted by atomic mass is 16.2. The molecule has 1 saturated heterocycles. The average Bonchev–Trinajstić information content (AvgIpc) is 2.25. The van der Waals surface area contributed by atoms with E-state index < -0.39 is 11.9 Å². The minimum absolute atomic E-state index is 0.000926. The number of rotatable bonds is 4. The van der Waals surface area contributed by atoms with Gasteiger partial charge in [-0.3, -0.25) is 9.59 Å². The molecule has 92 valence electrons. The molecule has 6 nitrogen and oxygen atoms in total. The molecule has 6 heteroatoms. The molecule has 3 N–H and O–H groups in total. The maximum absolute atomic E-state index is 11.9. The highest BCUT2D eigenvalue weighted by molar-refractivity contribution is 5.87. The Morgan fingerprint density at radius 1 is 1.50 bits per heavy atom. The Kier molecular flexibility index (Phi) is 4.70. The molecule has 0 radical (unpaired) electrons. The van der Waals surface area contributed by atoms with E-state index in [2.05, 4.69) is 5.32 Å². The van der Waals surface area contributed by atoms with Gasteiger partial charge in [0.05, 0.1) is 0 Å². The van der Waals surface area contributed by atoms with Crippen molar-refractivity contribution in [3.8, 4) is 0 Å². The molecule has 1 aliphatic heterocycles. The molecule has 1 atom stereocenters. The summed E-state index contributed by atoms with van der Waals surface area (Å²) in [5.74, 6) is -0.440. The number of nitrogens with one attached hydrogen (secondary N) is 1. The number of primary amides is 1. The highest BCUT2D eigenvalue weighted by Crippen LogP contribution is 2.05. The Hall–Kier alpha value is -1.14. The summed E-state index contributed by atoms with van der Waals surface area (Å²) in [5.41, 5.74) is 5.27. The van der Waals surface area contributed by atoms with Crippen molar-refractivity contribution >= 4 is 11.8 Å². The van der Waals surface area contributed by atoms with Gasteiger partial charge in [0, 0.05) is 32.6 Å². The molecule has 1 fully saturated rings. The van der Waals surface area contributed by atoms with Gasteiger partial charge in [-0.1, -0.05) is 0 Å². The van der Waals surface area contributed by atoms with Crippen molar-refractivity contribution in [2.24, 2.45) is 5.73 Å². The Bertz CT molecular complexity index is 268. The van der Waals surface area contributed by atoms with Crippen LogP contribution in [-0.4, -0.2) is 67.9 Å². The van der Waals surface area contributed by atoms with Crippen molar-refractivity contribution in [3.05, 3.63) is 0 Å². The van der Waals surface area contributed by atoms with E-state index in [0.29, 0.717) is 26.1 Å². The Labute approximate surface area is 95.8 Å². The molecular formula is C10H20N4O2. The second-order valence-electron chi connectivity index (χ2n) is 4.26. The lowest BCUT2D eigenvalue weighted by Gasteiger charge is -2.34. The topological polar surface area (TPSA) is 78.7 Å². The van der Waals surface area contributed by atoms with Crippen molar-refractivity contribution < 1.29 is 9.59 Å². The summed E-state index contributed by atoms with van der Waals surface area (Å²) in [6.45, 7) is 2.43. The molecule has 0 aromatic carbocycles. The van der Waals surface area contributed by atoms with E-state index in [1.807, 2.05) is 19.0 Å². The van der Waals surface area contributed by atoms with E-state index >= 15 is 0 Å². The summed E-state index contributed by atoms with van der Waals surface area (Å²) < 4.78 is 0. The molecule has 0 spiro atoms. The zero-order valence-electron chi connectivity index (χ0n) is 9.90. The van der Waals surface area contributed by atoms with Crippen LogP contribution in [0.3, 0.4) is 0 Å². The minimum Gasteiger partial charge on any atom is -0.368 e. The number of amides is 2. The number of hydrogen-bond donors (Lipinski definition) is 2. The summed E-state index contributed by atoms with van der Waals surface area (Å²) in [7, 11) is 3.83. The second-order valence-corrected chi connectivity index (χ2v) is 4.26. The van der Waals surface area contributed by atoms with Crippen LogP contribution < -0.4 is 11.1 Å². The van der Waals surface area contributed by atoms with E-state index in [1.54, 1.807) is 4.90 Å². The summed E-state index contributed by atoms with van der Waals surface area (Å²) in [4.78, 5) is 26.6. The molecule has 1 rings (SSSR count). The molecule has 0 bridgehead atoms. The number of nitrogens with zero attached hydrogens (tertiary/aromatic N) is 2. The molecule has 0 aromatic heterocycles. The van der Waals surface area contributed by atoms with E-state index in [4.69, 9.17) is 5.73 Å². The fourth-order valence-electron chi connectivity index (χ4n) is 1.72. The van der Waals surface area contributed by atoms with Gasteiger partial charge >= 0.3 is 0 Å². The van der Waals surface area contributed by atoms with Crippen LogP contribution in [0.1, 0.15) is 6.42 Å². The first-order valence-corrected chi connectivity index (χ1v) is 5.46. The van der Waals surface area contributed by atoms with Crippen molar-refractivity contribution in [2.45, 2.75) is 12.5 Å². The predicted molar refractivity (Wildman–Crippen MR) is 60.7 cm³/mol. The molecule has 0 aromatic rings. The Morgan fingerprint density at radius 3 is 2.75 bits per heavy atom. The van der Waals surface area contributed by atoms with Gasteiger partial charge in [-0.05, 0) is 14.1 Å². The van der Waals surface area contributed by atoms with Crippen molar-refractivity contribution in [1.82, 2.24) is 15.1 Å². The van der Waals surface area contributed by atoms with E-state index in [-0.39, 0.29) is 5.91 Å². The number of carbonyl (C=O) groups is 2. The quantitative estimate of drug-likeness (QED) is 0.596. The summed E-state index contributed by atoms with van der Waals surface area (Å²) in [5, 5.41) is 3.06. The van der Waals surface area contributed by atoms with Gasteiger partial charge in [-0.25, -0.2) is 0 Å². The van der Waals surface area contributed by atoms with Crippen LogP contribution in [0, 0.1) is 0 Å². The number of nitrogens with two attached hydrogens (primary N) is 1. The predicted octanol–water partition coefficient (Wildman–Crippen LogP) is -1.78. The number of hydrogen-bond acceptors (Lipinski definition) is 4. The fourth-order valence-corrected chi connectivity index (χ4v) is 1.72. The van der Waals surface area contributed by atoms with E-state index in [1.165, 1.54) is 0 Å². The number of piperazine rings is 1. The normalized spacial score (nSPS) is 21.2. The molecule has 0 aliphatic carbocycles.